The maximum absolute atomic E-state index is 11.1. The summed E-state index contributed by atoms with van der Waals surface area (Å²) in [5, 5.41) is 6.34. The van der Waals surface area contributed by atoms with Gasteiger partial charge in [-0.25, -0.2) is 0 Å². The fraction of sp³-hybridized carbons (Fsp3) is 0.500. The van der Waals surface area contributed by atoms with Crippen LogP contribution < -0.4 is 10.7 Å². The zero-order valence-corrected chi connectivity index (χ0v) is 7.72. The normalized spacial score (nSPS) is 10.3. The van der Waals surface area contributed by atoms with Crippen LogP contribution in [-0.2, 0) is 4.79 Å². The van der Waals surface area contributed by atoms with Gasteiger partial charge >= 0.3 is 0 Å². The zero-order valence-electron chi connectivity index (χ0n) is 7.72. The van der Waals surface area contributed by atoms with Gasteiger partial charge in [0.25, 0.3) is 5.91 Å². The van der Waals surface area contributed by atoms with Gasteiger partial charge in [-0.3, -0.25) is 10.2 Å². The lowest BCUT2D eigenvalue weighted by Gasteiger charge is -2.08. The Balaban J connectivity index is 3.85. The third-order valence-electron chi connectivity index (χ3n) is 1.02. The Morgan fingerprint density at radius 1 is 1.58 bits per heavy atom. The first-order valence-electron chi connectivity index (χ1n) is 3.81. The molecule has 4 heteroatoms. The zero-order chi connectivity index (χ0) is 9.56. The van der Waals surface area contributed by atoms with E-state index in [2.05, 4.69) is 22.4 Å². The lowest BCUT2D eigenvalue weighted by Crippen LogP contribution is -2.34. The Bertz CT molecular complexity index is 196. The highest BCUT2D eigenvalue weighted by Gasteiger charge is 2.05. The van der Waals surface area contributed by atoms with Crippen molar-refractivity contribution < 1.29 is 4.79 Å². The van der Waals surface area contributed by atoms with E-state index in [-0.39, 0.29) is 17.6 Å². The van der Waals surface area contributed by atoms with Crippen LogP contribution in [0.5, 0.6) is 0 Å². The number of nitrogens with one attached hydrogen (secondary N) is 2. The molecule has 0 aromatic rings. The molecule has 0 aliphatic rings. The molecular weight excluding hydrogens is 154 g/mol. The third-order valence-corrected chi connectivity index (χ3v) is 1.02. The molecule has 0 saturated carbocycles. The Labute approximate surface area is 72.7 Å². The van der Waals surface area contributed by atoms with E-state index in [0.717, 1.165) is 0 Å². The molecule has 0 aromatic carbocycles. The molecule has 0 heterocycles. The SMILES string of the molecule is C=C(N/N=C\C)C(=O)NC(C)C. The van der Waals surface area contributed by atoms with E-state index in [9.17, 15) is 4.79 Å². The Morgan fingerprint density at radius 3 is 2.58 bits per heavy atom. The van der Waals surface area contributed by atoms with E-state index >= 15 is 0 Å². The summed E-state index contributed by atoms with van der Waals surface area (Å²) in [6.45, 7) is 9.03. The van der Waals surface area contributed by atoms with Crippen molar-refractivity contribution in [3.63, 3.8) is 0 Å². The van der Waals surface area contributed by atoms with Gasteiger partial charge in [0.1, 0.15) is 5.70 Å². The summed E-state index contributed by atoms with van der Waals surface area (Å²) in [6.07, 6.45) is 1.55. The van der Waals surface area contributed by atoms with Crippen LogP contribution >= 0.6 is 0 Å². The van der Waals surface area contributed by atoms with E-state index in [1.165, 1.54) is 0 Å². The first-order chi connectivity index (χ1) is 5.57. The molecule has 0 radical (unpaired) electrons. The quantitative estimate of drug-likeness (QED) is 0.368. The maximum Gasteiger partial charge on any atom is 0.268 e. The van der Waals surface area contributed by atoms with Crippen LogP contribution in [0.2, 0.25) is 0 Å². The molecule has 12 heavy (non-hydrogen) atoms. The maximum atomic E-state index is 11.1. The van der Waals surface area contributed by atoms with Crippen molar-refractivity contribution in [1.82, 2.24) is 10.7 Å². The van der Waals surface area contributed by atoms with Gasteiger partial charge in [-0.2, -0.15) is 5.10 Å². The summed E-state index contributed by atoms with van der Waals surface area (Å²) in [7, 11) is 0. The lowest BCUT2D eigenvalue weighted by atomic mass is 10.3. The van der Waals surface area contributed by atoms with Crippen molar-refractivity contribution >= 4 is 12.1 Å². The summed E-state index contributed by atoms with van der Waals surface area (Å²) < 4.78 is 0. The molecule has 0 aromatic heterocycles. The van der Waals surface area contributed by atoms with Gasteiger partial charge in [-0.05, 0) is 20.8 Å². The number of hydrazone groups is 1. The number of carbonyl (C=O) groups excluding carboxylic acids is 1. The monoisotopic (exact) mass is 169 g/mol. The van der Waals surface area contributed by atoms with Crippen LogP contribution in [0.1, 0.15) is 20.8 Å². The van der Waals surface area contributed by atoms with Crippen LogP contribution in [0.3, 0.4) is 0 Å². The smallest absolute Gasteiger partial charge is 0.268 e. The number of amides is 1. The van der Waals surface area contributed by atoms with Crippen molar-refractivity contribution in [2.45, 2.75) is 26.8 Å². The Morgan fingerprint density at radius 2 is 2.17 bits per heavy atom. The number of hydrogen-bond acceptors (Lipinski definition) is 3. The molecular formula is C8H15N3O. The fourth-order valence-corrected chi connectivity index (χ4v) is 0.543. The molecule has 4 nitrogen and oxygen atoms in total. The highest BCUT2D eigenvalue weighted by Crippen LogP contribution is 1.86. The van der Waals surface area contributed by atoms with Gasteiger partial charge < -0.3 is 5.32 Å². The van der Waals surface area contributed by atoms with Gasteiger partial charge in [0.05, 0.1) is 0 Å². The Hall–Kier alpha value is -1.32. The molecule has 0 saturated heterocycles. The minimum atomic E-state index is -0.226. The summed E-state index contributed by atoms with van der Waals surface area (Å²) in [5.74, 6) is -0.226. The molecule has 0 atom stereocenters. The van der Waals surface area contributed by atoms with Crippen LogP contribution in [0.25, 0.3) is 0 Å². The largest absolute Gasteiger partial charge is 0.349 e. The fourth-order valence-electron chi connectivity index (χ4n) is 0.543. The van der Waals surface area contributed by atoms with Gasteiger partial charge in [-0.15, -0.1) is 0 Å². The van der Waals surface area contributed by atoms with Crippen molar-refractivity contribution in [1.29, 1.82) is 0 Å². The van der Waals surface area contributed by atoms with Crippen LogP contribution in [0.15, 0.2) is 17.4 Å². The minimum absolute atomic E-state index is 0.113. The number of rotatable bonds is 4. The van der Waals surface area contributed by atoms with E-state index in [1.807, 2.05) is 13.8 Å². The summed E-state index contributed by atoms with van der Waals surface area (Å²) >= 11 is 0. The van der Waals surface area contributed by atoms with Crippen LogP contribution in [0, 0.1) is 0 Å². The molecule has 1 amide bonds. The number of nitrogens with zero attached hydrogens (tertiary/aromatic N) is 1. The summed E-state index contributed by atoms with van der Waals surface area (Å²) in [5.41, 5.74) is 2.75. The molecule has 0 aliphatic heterocycles. The van der Waals surface area contributed by atoms with Crippen LogP contribution in [0.4, 0.5) is 0 Å². The van der Waals surface area contributed by atoms with E-state index in [0.29, 0.717) is 0 Å². The second-order valence-electron chi connectivity index (χ2n) is 2.61. The first-order valence-corrected chi connectivity index (χ1v) is 3.81. The first kappa shape index (κ1) is 10.7. The predicted octanol–water partition coefficient (Wildman–Crippen LogP) is 0.620. The number of carbonyl (C=O) groups is 1. The Kier molecular flexibility index (Phi) is 4.76. The summed E-state index contributed by atoms with van der Waals surface area (Å²) in [4.78, 5) is 11.1. The van der Waals surface area contributed by atoms with E-state index in [4.69, 9.17) is 0 Å². The van der Waals surface area contributed by atoms with Gasteiger partial charge in [0.2, 0.25) is 0 Å². The van der Waals surface area contributed by atoms with Crippen molar-refractivity contribution in [2.24, 2.45) is 5.10 Å². The molecule has 0 fully saturated rings. The molecule has 0 spiro atoms. The molecule has 0 unspecified atom stereocenters. The van der Waals surface area contributed by atoms with Crippen molar-refractivity contribution in [2.75, 3.05) is 0 Å². The third kappa shape index (κ3) is 4.49. The molecule has 0 aliphatic carbocycles. The molecule has 0 bridgehead atoms. The second-order valence-corrected chi connectivity index (χ2v) is 2.61. The van der Waals surface area contributed by atoms with Gasteiger partial charge in [0.15, 0.2) is 0 Å². The minimum Gasteiger partial charge on any atom is -0.349 e. The average Bonchev–Trinajstić information content (AvgIpc) is 1.98. The highest BCUT2D eigenvalue weighted by atomic mass is 16.2. The van der Waals surface area contributed by atoms with E-state index < -0.39 is 0 Å². The number of hydrogen-bond donors (Lipinski definition) is 2. The predicted molar refractivity (Wildman–Crippen MR) is 49.7 cm³/mol. The van der Waals surface area contributed by atoms with Gasteiger partial charge in [-0.1, -0.05) is 6.58 Å². The molecule has 2 N–H and O–H groups in total. The van der Waals surface area contributed by atoms with Crippen LogP contribution in [-0.4, -0.2) is 18.2 Å². The summed E-state index contributed by atoms with van der Waals surface area (Å²) in [6, 6.07) is 0.113. The van der Waals surface area contributed by atoms with E-state index in [1.54, 1.807) is 13.1 Å². The second kappa shape index (κ2) is 5.35. The topological polar surface area (TPSA) is 53.5 Å². The van der Waals surface area contributed by atoms with Crippen molar-refractivity contribution in [3.8, 4) is 0 Å². The average molecular weight is 169 g/mol. The highest BCUT2D eigenvalue weighted by molar-refractivity contribution is 5.92. The molecule has 0 rings (SSSR count). The van der Waals surface area contributed by atoms with Gasteiger partial charge in [0, 0.05) is 12.3 Å². The van der Waals surface area contributed by atoms with Crippen molar-refractivity contribution in [3.05, 3.63) is 12.3 Å². The standard InChI is InChI=1S/C8H15N3O/c1-5-9-11-7(4)8(12)10-6(2)3/h5-6,11H,4H2,1-3H3,(H,10,12)/b9-5-. The lowest BCUT2D eigenvalue weighted by molar-refractivity contribution is -0.118. The molecule has 68 valence electrons.